The summed E-state index contributed by atoms with van der Waals surface area (Å²) in [5.41, 5.74) is 2.08. The topological polar surface area (TPSA) is 61.4 Å². The first-order chi connectivity index (χ1) is 10.6. The predicted molar refractivity (Wildman–Crippen MR) is 93.0 cm³/mol. The lowest BCUT2D eigenvalue weighted by molar-refractivity contribution is -0.126. The summed E-state index contributed by atoms with van der Waals surface area (Å²) < 4.78 is 0. The molecule has 2 amide bonds. The van der Waals surface area contributed by atoms with Gasteiger partial charge in [0.05, 0.1) is 0 Å². The van der Waals surface area contributed by atoms with Crippen LogP contribution in [0.3, 0.4) is 0 Å². The molecule has 126 valence electrons. The Kier molecular flexibility index (Phi) is 6.02. The number of aryl methyl sites for hydroxylation is 1. The van der Waals surface area contributed by atoms with Crippen LogP contribution in [0, 0.1) is 6.92 Å². The highest BCUT2D eigenvalue weighted by molar-refractivity contribution is 6.01. The van der Waals surface area contributed by atoms with Crippen LogP contribution < -0.4 is 15.5 Å². The monoisotopic (exact) mass is 337 g/mol. The zero-order chi connectivity index (χ0) is 15.5. The van der Waals surface area contributed by atoms with Crippen molar-refractivity contribution in [3.63, 3.8) is 0 Å². The molecule has 0 aliphatic carbocycles. The van der Waals surface area contributed by atoms with Crippen LogP contribution in [0.25, 0.3) is 0 Å². The standard InChI is InChI=1S/C17H23N3O2.ClH/c1-12-4-6-14(7-5-12)20-10-8-15(17(20)22)19-16(21)11-13-3-2-9-18-13;/h4-7,13,15,18H,2-3,8-11H2,1H3,(H,19,21);1H. The maximum absolute atomic E-state index is 12.5. The van der Waals surface area contributed by atoms with Gasteiger partial charge in [0.2, 0.25) is 11.8 Å². The summed E-state index contributed by atoms with van der Waals surface area (Å²) in [7, 11) is 0. The van der Waals surface area contributed by atoms with Crippen molar-refractivity contribution in [3.05, 3.63) is 29.8 Å². The summed E-state index contributed by atoms with van der Waals surface area (Å²) in [5, 5.41) is 6.20. The number of amides is 2. The maximum Gasteiger partial charge on any atom is 0.249 e. The summed E-state index contributed by atoms with van der Waals surface area (Å²) in [5.74, 6) is -0.0277. The van der Waals surface area contributed by atoms with Crippen LogP contribution >= 0.6 is 12.4 Å². The van der Waals surface area contributed by atoms with Gasteiger partial charge in [-0.3, -0.25) is 9.59 Å². The van der Waals surface area contributed by atoms with Crippen molar-refractivity contribution in [2.45, 2.75) is 44.7 Å². The average Bonchev–Trinajstić information content (AvgIpc) is 3.11. The van der Waals surface area contributed by atoms with E-state index in [9.17, 15) is 9.59 Å². The number of anilines is 1. The van der Waals surface area contributed by atoms with Crippen LogP contribution in [0.4, 0.5) is 5.69 Å². The quantitative estimate of drug-likeness (QED) is 0.880. The number of hydrogen-bond donors (Lipinski definition) is 2. The van der Waals surface area contributed by atoms with E-state index >= 15 is 0 Å². The third-order valence-electron chi connectivity index (χ3n) is 4.48. The molecule has 2 atom stereocenters. The molecule has 2 heterocycles. The van der Waals surface area contributed by atoms with Gasteiger partial charge in [-0.05, 0) is 44.9 Å². The van der Waals surface area contributed by atoms with Crippen molar-refractivity contribution in [3.8, 4) is 0 Å². The maximum atomic E-state index is 12.5. The second-order valence-electron chi connectivity index (χ2n) is 6.23. The van der Waals surface area contributed by atoms with E-state index in [4.69, 9.17) is 0 Å². The van der Waals surface area contributed by atoms with E-state index in [1.54, 1.807) is 4.90 Å². The normalized spacial score (nSPS) is 23.7. The Morgan fingerprint density at radius 2 is 2.04 bits per heavy atom. The van der Waals surface area contributed by atoms with Crippen LogP contribution in [0.15, 0.2) is 24.3 Å². The van der Waals surface area contributed by atoms with Gasteiger partial charge in [0.15, 0.2) is 0 Å². The van der Waals surface area contributed by atoms with E-state index in [0.29, 0.717) is 19.4 Å². The number of hydrogen-bond acceptors (Lipinski definition) is 3. The van der Waals surface area contributed by atoms with Crippen molar-refractivity contribution in [2.24, 2.45) is 0 Å². The number of nitrogens with zero attached hydrogens (tertiary/aromatic N) is 1. The number of carbonyl (C=O) groups is 2. The van der Waals surface area contributed by atoms with Crippen molar-refractivity contribution < 1.29 is 9.59 Å². The summed E-state index contributed by atoms with van der Waals surface area (Å²) in [6, 6.07) is 7.81. The van der Waals surface area contributed by atoms with E-state index in [0.717, 1.165) is 25.1 Å². The Bertz CT molecular complexity index is 555. The van der Waals surface area contributed by atoms with Crippen LogP contribution in [-0.4, -0.2) is 37.0 Å². The molecule has 1 aromatic carbocycles. The van der Waals surface area contributed by atoms with E-state index in [1.165, 1.54) is 5.56 Å². The van der Waals surface area contributed by atoms with Gasteiger partial charge in [-0.25, -0.2) is 0 Å². The summed E-state index contributed by atoms with van der Waals surface area (Å²) >= 11 is 0. The lowest BCUT2D eigenvalue weighted by atomic mass is 10.1. The first-order valence-corrected chi connectivity index (χ1v) is 8.04. The van der Waals surface area contributed by atoms with E-state index in [2.05, 4.69) is 10.6 Å². The molecule has 2 aliphatic heterocycles. The van der Waals surface area contributed by atoms with Gasteiger partial charge in [0, 0.05) is 24.7 Å². The van der Waals surface area contributed by atoms with Gasteiger partial charge in [-0.1, -0.05) is 17.7 Å². The Morgan fingerprint density at radius 3 is 2.70 bits per heavy atom. The molecule has 5 nitrogen and oxygen atoms in total. The first-order valence-electron chi connectivity index (χ1n) is 8.04. The minimum atomic E-state index is -0.379. The highest BCUT2D eigenvalue weighted by atomic mass is 35.5. The van der Waals surface area contributed by atoms with Gasteiger partial charge in [-0.15, -0.1) is 12.4 Å². The number of rotatable bonds is 4. The molecule has 2 N–H and O–H groups in total. The number of halogens is 1. The molecule has 0 bridgehead atoms. The number of benzene rings is 1. The molecular weight excluding hydrogens is 314 g/mol. The third kappa shape index (κ3) is 4.24. The molecule has 2 aliphatic rings. The van der Waals surface area contributed by atoms with E-state index < -0.39 is 0 Å². The summed E-state index contributed by atoms with van der Waals surface area (Å²) in [6.45, 7) is 3.67. The largest absolute Gasteiger partial charge is 0.344 e. The molecule has 6 heteroatoms. The zero-order valence-electron chi connectivity index (χ0n) is 13.4. The first kappa shape index (κ1) is 17.8. The Labute approximate surface area is 143 Å². The van der Waals surface area contributed by atoms with Crippen molar-refractivity contribution in [1.29, 1.82) is 0 Å². The van der Waals surface area contributed by atoms with Crippen LogP contribution in [0.2, 0.25) is 0 Å². The lowest BCUT2D eigenvalue weighted by Crippen LogP contribution is -2.43. The van der Waals surface area contributed by atoms with Crippen molar-refractivity contribution >= 4 is 29.9 Å². The molecule has 2 saturated heterocycles. The fraction of sp³-hybridized carbons (Fsp3) is 0.529. The molecule has 1 aromatic rings. The molecule has 0 aromatic heterocycles. The molecule has 0 spiro atoms. The third-order valence-corrected chi connectivity index (χ3v) is 4.48. The smallest absolute Gasteiger partial charge is 0.249 e. The minimum Gasteiger partial charge on any atom is -0.344 e. The van der Waals surface area contributed by atoms with Crippen LogP contribution in [0.5, 0.6) is 0 Å². The molecule has 0 radical (unpaired) electrons. The highest BCUT2D eigenvalue weighted by Gasteiger charge is 2.33. The molecule has 23 heavy (non-hydrogen) atoms. The van der Waals surface area contributed by atoms with Gasteiger partial charge >= 0.3 is 0 Å². The fourth-order valence-electron chi connectivity index (χ4n) is 3.20. The molecule has 0 saturated carbocycles. The Hall–Kier alpha value is -1.59. The Balaban J connectivity index is 0.00000192. The Morgan fingerprint density at radius 1 is 1.30 bits per heavy atom. The summed E-state index contributed by atoms with van der Waals surface area (Å²) in [4.78, 5) is 26.3. The lowest BCUT2D eigenvalue weighted by Gasteiger charge is -2.18. The zero-order valence-corrected chi connectivity index (χ0v) is 14.2. The second-order valence-corrected chi connectivity index (χ2v) is 6.23. The van der Waals surface area contributed by atoms with Crippen molar-refractivity contribution in [1.82, 2.24) is 10.6 Å². The predicted octanol–water partition coefficient (Wildman–Crippen LogP) is 1.78. The molecule has 2 fully saturated rings. The fourth-order valence-corrected chi connectivity index (χ4v) is 3.20. The second kappa shape index (κ2) is 7.79. The molecule has 3 rings (SSSR count). The highest BCUT2D eigenvalue weighted by Crippen LogP contribution is 2.22. The number of carbonyl (C=O) groups excluding carboxylic acids is 2. The van der Waals surface area contributed by atoms with Gasteiger partial charge in [0.1, 0.15) is 6.04 Å². The van der Waals surface area contributed by atoms with Gasteiger partial charge < -0.3 is 15.5 Å². The van der Waals surface area contributed by atoms with Gasteiger partial charge in [-0.2, -0.15) is 0 Å². The minimum absolute atomic E-state index is 0. The SMILES string of the molecule is Cc1ccc(N2CCC(NC(=O)CC3CCCN3)C2=O)cc1.Cl. The van der Waals surface area contributed by atoms with E-state index in [1.807, 2.05) is 31.2 Å². The van der Waals surface area contributed by atoms with E-state index in [-0.39, 0.29) is 36.3 Å². The molecular formula is C17H24ClN3O2. The summed E-state index contributed by atoms with van der Waals surface area (Å²) in [6.07, 6.45) is 3.31. The van der Waals surface area contributed by atoms with Crippen LogP contribution in [-0.2, 0) is 9.59 Å². The van der Waals surface area contributed by atoms with Crippen LogP contribution in [0.1, 0.15) is 31.2 Å². The van der Waals surface area contributed by atoms with Crippen molar-refractivity contribution in [2.75, 3.05) is 18.0 Å². The average molecular weight is 338 g/mol. The van der Waals surface area contributed by atoms with Gasteiger partial charge in [0.25, 0.3) is 0 Å². The number of nitrogens with one attached hydrogen (secondary N) is 2. The molecule has 2 unspecified atom stereocenters.